The van der Waals surface area contributed by atoms with E-state index in [4.69, 9.17) is 5.73 Å². The number of nitrogens with two attached hydrogens (primary N) is 1. The van der Waals surface area contributed by atoms with Crippen LogP contribution in [0.5, 0.6) is 0 Å². The van der Waals surface area contributed by atoms with E-state index in [9.17, 15) is 0 Å². The molecule has 0 bridgehead atoms. The molecular formula is C49H36N2. The second-order valence-electron chi connectivity index (χ2n) is 13.0. The predicted octanol–water partition coefficient (Wildman–Crippen LogP) is 12.5. The summed E-state index contributed by atoms with van der Waals surface area (Å²) in [5.74, 6) is 0. The first-order valence-electron chi connectivity index (χ1n) is 17.5. The van der Waals surface area contributed by atoms with Gasteiger partial charge in [-0.05, 0) is 57.1 Å². The second kappa shape index (κ2) is 13.1. The minimum absolute atomic E-state index is 0.253. The zero-order valence-electron chi connectivity index (χ0n) is 28.2. The van der Waals surface area contributed by atoms with Gasteiger partial charge in [0.1, 0.15) is 0 Å². The molecule has 8 aromatic carbocycles. The Morgan fingerprint density at radius 3 is 1.37 bits per heavy atom. The maximum Gasteiger partial charge on any atom is 0.0632 e. The molecule has 0 spiro atoms. The van der Waals surface area contributed by atoms with Crippen molar-refractivity contribution in [1.82, 2.24) is 4.57 Å². The SMILES string of the molecule is NC(c1ccccc1)c1cccc(-n2c3ccccc3c3c(-c4ccccc4)c(-c4ccccc4)c(-c4ccccc4)c(-c4ccccc4)c32)c1. The van der Waals surface area contributed by atoms with E-state index in [1.807, 2.05) is 6.07 Å². The van der Waals surface area contributed by atoms with Crippen LogP contribution in [0.1, 0.15) is 17.2 Å². The zero-order chi connectivity index (χ0) is 34.1. The van der Waals surface area contributed by atoms with E-state index in [-0.39, 0.29) is 6.04 Å². The molecule has 0 aliphatic heterocycles. The fourth-order valence-corrected chi connectivity index (χ4v) is 7.77. The quantitative estimate of drug-likeness (QED) is 0.182. The third-order valence-corrected chi connectivity index (χ3v) is 10.0. The van der Waals surface area contributed by atoms with Gasteiger partial charge in [-0.15, -0.1) is 0 Å². The Hall–Kier alpha value is -6.48. The second-order valence-corrected chi connectivity index (χ2v) is 13.0. The van der Waals surface area contributed by atoms with Crippen molar-refractivity contribution < 1.29 is 0 Å². The minimum atomic E-state index is -0.253. The summed E-state index contributed by atoms with van der Waals surface area (Å²) < 4.78 is 2.47. The highest BCUT2D eigenvalue weighted by molar-refractivity contribution is 6.26. The monoisotopic (exact) mass is 652 g/mol. The van der Waals surface area contributed by atoms with Gasteiger partial charge in [-0.2, -0.15) is 0 Å². The Morgan fingerprint density at radius 1 is 0.373 bits per heavy atom. The Labute approximate surface area is 298 Å². The molecule has 1 atom stereocenters. The Kier molecular flexibility index (Phi) is 7.85. The van der Waals surface area contributed by atoms with E-state index >= 15 is 0 Å². The Balaban J connectivity index is 1.52. The molecule has 0 amide bonds. The highest BCUT2D eigenvalue weighted by atomic mass is 15.0. The van der Waals surface area contributed by atoms with Crippen molar-refractivity contribution >= 4 is 21.8 Å². The van der Waals surface area contributed by atoms with E-state index in [1.165, 1.54) is 60.8 Å². The van der Waals surface area contributed by atoms with Crippen LogP contribution in [0.3, 0.4) is 0 Å². The molecule has 1 unspecified atom stereocenters. The summed E-state index contributed by atoms with van der Waals surface area (Å²) in [5.41, 5.74) is 22.1. The summed E-state index contributed by atoms with van der Waals surface area (Å²) in [6, 6.07) is 71.4. The molecule has 0 saturated carbocycles. The minimum Gasteiger partial charge on any atom is -0.320 e. The van der Waals surface area contributed by atoms with Crippen molar-refractivity contribution in [2.45, 2.75) is 6.04 Å². The summed E-state index contributed by atoms with van der Waals surface area (Å²) in [6.45, 7) is 0. The number of fused-ring (bicyclic) bond motifs is 3. The van der Waals surface area contributed by atoms with Gasteiger partial charge >= 0.3 is 0 Å². The zero-order valence-corrected chi connectivity index (χ0v) is 28.2. The summed E-state index contributed by atoms with van der Waals surface area (Å²) in [4.78, 5) is 0. The van der Waals surface area contributed by atoms with E-state index in [0.29, 0.717) is 0 Å². The molecule has 51 heavy (non-hydrogen) atoms. The standard InChI is InChI=1S/C49H36N2/c50-48(38-27-14-5-15-28-38)39-29-18-30-40(33-39)51-42-32-17-16-31-41(42)47-45(36-23-10-3-11-24-36)43(34-19-6-1-7-20-34)44(35-21-8-2-9-22-35)46(49(47)51)37-25-12-4-13-26-37/h1-33,48H,50H2. The number of para-hydroxylation sites is 1. The van der Waals surface area contributed by atoms with Crippen molar-refractivity contribution in [2.24, 2.45) is 5.73 Å². The molecular weight excluding hydrogens is 617 g/mol. The predicted molar refractivity (Wildman–Crippen MR) is 215 cm³/mol. The van der Waals surface area contributed by atoms with Gasteiger partial charge in [0.25, 0.3) is 0 Å². The normalized spacial score (nSPS) is 11.9. The lowest BCUT2D eigenvalue weighted by atomic mass is 9.80. The molecule has 1 heterocycles. The van der Waals surface area contributed by atoms with E-state index < -0.39 is 0 Å². The number of hydrogen-bond donors (Lipinski definition) is 1. The molecule has 0 radical (unpaired) electrons. The summed E-state index contributed by atoms with van der Waals surface area (Å²) in [6.07, 6.45) is 0. The van der Waals surface area contributed by atoms with Crippen LogP contribution in [0.25, 0.3) is 72.0 Å². The molecule has 9 aromatic rings. The molecule has 9 rings (SSSR count). The van der Waals surface area contributed by atoms with Gasteiger partial charge in [0.2, 0.25) is 0 Å². The molecule has 0 fully saturated rings. The lowest BCUT2D eigenvalue weighted by Gasteiger charge is -2.24. The average Bonchev–Trinajstić information content (AvgIpc) is 3.56. The van der Waals surface area contributed by atoms with Crippen molar-refractivity contribution in [2.75, 3.05) is 0 Å². The van der Waals surface area contributed by atoms with E-state index in [2.05, 4.69) is 199 Å². The first-order valence-corrected chi connectivity index (χ1v) is 17.5. The van der Waals surface area contributed by atoms with Crippen LogP contribution in [0.4, 0.5) is 0 Å². The van der Waals surface area contributed by atoms with Gasteiger partial charge in [0, 0.05) is 33.2 Å². The van der Waals surface area contributed by atoms with Crippen LogP contribution in [0, 0.1) is 0 Å². The topological polar surface area (TPSA) is 30.9 Å². The van der Waals surface area contributed by atoms with Gasteiger partial charge in [0.05, 0.1) is 17.1 Å². The Bertz CT molecular complexity index is 2610. The molecule has 0 aliphatic rings. The van der Waals surface area contributed by atoms with Gasteiger partial charge in [-0.1, -0.05) is 182 Å². The lowest BCUT2D eigenvalue weighted by molar-refractivity contribution is 0.869. The molecule has 2 nitrogen and oxygen atoms in total. The van der Waals surface area contributed by atoms with Gasteiger partial charge in [-0.25, -0.2) is 0 Å². The number of rotatable bonds is 7. The van der Waals surface area contributed by atoms with Gasteiger partial charge in [-0.3, -0.25) is 0 Å². The lowest BCUT2D eigenvalue weighted by Crippen LogP contribution is -2.12. The number of nitrogens with zero attached hydrogens (tertiary/aromatic N) is 1. The summed E-state index contributed by atoms with van der Waals surface area (Å²) in [7, 11) is 0. The van der Waals surface area contributed by atoms with Crippen molar-refractivity contribution in [3.63, 3.8) is 0 Å². The summed E-state index contributed by atoms with van der Waals surface area (Å²) in [5, 5.41) is 2.44. The third kappa shape index (κ3) is 5.34. The number of aromatic nitrogens is 1. The van der Waals surface area contributed by atoms with Gasteiger partial charge < -0.3 is 10.3 Å². The largest absolute Gasteiger partial charge is 0.320 e. The van der Waals surface area contributed by atoms with Crippen molar-refractivity contribution in [3.05, 3.63) is 211 Å². The van der Waals surface area contributed by atoms with E-state index in [0.717, 1.165) is 22.3 Å². The molecule has 242 valence electrons. The fraction of sp³-hybridized carbons (Fsp3) is 0.0204. The first kappa shape index (κ1) is 30.6. The van der Waals surface area contributed by atoms with E-state index in [1.54, 1.807) is 0 Å². The molecule has 1 aromatic heterocycles. The molecule has 2 heteroatoms. The van der Waals surface area contributed by atoms with Crippen molar-refractivity contribution in [1.29, 1.82) is 0 Å². The number of benzene rings is 8. The van der Waals surface area contributed by atoms with Crippen LogP contribution < -0.4 is 5.73 Å². The van der Waals surface area contributed by atoms with Crippen LogP contribution >= 0.6 is 0 Å². The highest BCUT2D eigenvalue weighted by Crippen LogP contribution is 2.53. The molecule has 0 aliphatic carbocycles. The van der Waals surface area contributed by atoms with Crippen LogP contribution in [-0.2, 0) is 0 Å². The number of hydrogen-bond acceptors (Lipinski definition) is 1. The Morgan fingerprint density at radius 2 is 0.804 bits per heavy atom. The molecule has 2 N–H and O–H groups in total. The van der Waals surface area contributed by atoms with Crippen LogP contribution in [0.2, 0.25) is 0 Å². The summed E-state index contributed by atoms with van der Waals surface area (Å²) >= 11 is 0. The fourth-order valence-electron chi connectivity index (χ4n) is 7.77. The average molecular weight is 653 g/mol. The van der Waals surface area contributed by atoms with Crippen molar-refractivity contribution in [3.8, 4) is 50.2 Å². The smallest absolute Gasteiger partial charge is 0.0632 e. The highest BCUT2D eigenvalue weighted by Gasteiger charge is 2.28. The van der Waals surface area contributed by atoms with Gasteiger partial charge in [0.15, 0.2) is 0 Å². The first-order chi connectivity index (χ1) is 25.3. The maximum atomic E-state index is 6.96. The van der Waals surface area contributed by atoms with Crippen LogP contribution in [0.15, 0.2) is 200 Å². The third-order valence-electron chi connectivity index (χ3n) is 10.0. The van der Waals surface area contributed by atoms with Crippen LogP contribution in [-0.4, -0.2) is 4.57 Å². The maximum absolute atomic E-state index is 6.96. The molecule has 0 saturated heterocycles.